The molecule has 2 saturated carbocycles. The molecule has 0 unspecified atom stereocenters. The topological polar surface area (TPSA) is 84.9 Å². The summed E-state index contributed by atoms with van der Waals surface area (Å²) < 4.78 is 42.6. The molecule has 2 heterocycles. The van der Waals surface area contributed by atoms with E-state index in [9.17, 15) is 13.2 Å². The van der Waals surface area contributed by atoms with Crippen molar-refractivity contribution in [3.8, 4) is 5.75 Å². The lowest BCUT2D eigenvalue weighted by molar-refractivity contribution is -0.0689. The first-order valence-corrected chi connectivity index (χ1v) is 17.6. The summed E-state index contributed by atoms with van der Waals surface area (Å²) >= 11 is 6.42. The highest BCUT2D eigenvalue weighted by atomic mass is 35.5. The van der Waals surface area contributed by atoms with Gasteiger partial charge in [0, 0.05) is 36.2 Å². The molecule has 2 fully saturated rings. The summed E-state index contributed by atoms with van der Waals surface area (Å²) in [5, 5.41) is -0.0691. The molecule has 7 nitrogen and oxygen atoms in total. The van der Waals surface area contributed by atoms with Gasteiger partial charge in [-0.3, -0.25) is 4.79 Å². The van der Waals surface area contributed by atoms with Crippen LogP contribution < -0.4 is 14.4 Å². The van der Waals surface area contributed by atoms with Gasteiger partial charge in [0.1, 0.15) is 11.0 Å². The highest BCUT2D eigenvalue weighted by molar-refractivity contribution is 7.90. The maximum Gasteiger partial charge on any atom is 0.264 e. The number of methoxy groups -OCH3 is 1. The number of benzene rings is 2. The lowest BCUT2D eigenvalue weighted by Crippen LogP contribution is -2.53. The predicted octanol–water partition coefficient (Wildman–Crippen LogP) is 5.90. The van der Waals surface area contributed by atoms with E-state index in [0.29, 0.717) is 42.4 Å². The molecule has 2 aliphatic heterocycles. The number of sulfonamides is 1. The molecule has 7 atom stereocenters. The number of hydrogen-bond donors (Lipinski definition) is 1. The third-order valence-corrected chi connectivity index (χ3v) is 13.2. The summed E-state index contributed by atoms with van der Waals surface area (Å²) in [7, 11) is -2.22. The highest BCUT2D eigenvalue weighted by Crippen LogP contribution is 2.50. The average Bonchev–Trinajstić information content (AvgIpc) is 3.10. The maximum absolute atomic E-state index is 13.7. The van der Waals surface area contributed by atoms with Crippen LogP contribution in [0.25, 0.3) is 0 Å². The van der Waals surface area contributed by atoms with Crippen LogP contribution in [0.4, 0.5) is 5.69 Å². The standard InChI is InChI=1S/C34H41ClN2O5S/c1-20-13-21(2)31-16-27(20)32(41-3)26-9-6-24(26)17-37-18-34(12-4-5-22-14-25(35)8-10-28(22)34)19-42-30-11-7-23(15-29(30)37)33(38)36-43(31,39)40/h7-8,10-11,14-15,20,24,26-27,31-32H,2,4-6,9,12-13,16-19H2,1,3H3,(H,36,38)/t20-,24-,26+,27-,31+,32+,34-/m0/s1. The average molecular weight is 625 g/mol. The minimum atomic E-state index is -3.99. The van der Waals surface area contributed by atoms with E-state index in [1.165, 1.54) is 11.1 Å². The Morgan fingerprint density at radius 1 is 1.16 bits per heavy atom. The number of anilines is 1. The van der Waals surface area contributed by atoms with Crippen molar-refractivity contribution in [1.82, 2.24) is 4.72 Å². The molecule has 0 aromatic heterocycles. The molecular weight excluding hydrogens is 584 g/mol. The number of fused-ring (bicyclic) bond motifs is 6. The van der Waals surface area contributed by atoms with Crippen LogP contribution in [-0.2, 0) is 26.6 Å². The second-order valence-electron chi connectivity index (χ2n) is 13.7. The second kappa shape index (κ2) is 10.8. The first kappa shape index (κ1) is 29.2. The third-order valence-electron chi connectivity index (χ3n) is 11.2. The van der Waals surface area contributed by atoms with E-state index >= 15 is 0 Å². The normalized spacial score (nSPS) is 34.9. The number of halogens is 1. The minimum Gasteiger partial charge on any atom is -0.490 e. The largest absolute Gasteiger partial charge is 0.490 e. The first-order valence-electron chi connectivity index (χ1n) is 15.7. The molecule has 7 rings (SSSR count). The molecule has 2 aromatic rings. The Bertz CT molecular complexity index is 1580. The monoisotopic (exact) mass is 624 g/mol. The Kier molecular flexibility index (Phi) is 7.34. The summed E-state index contributed by atoms with van der Waals surface area (Å²) in [6.45, 7) is 8.43. The van der Waals surface area contributed by atoms with Crippen molar-refractivity contribution in [2.75, 3.05) is 31.7 Å². The number of nitrogens with one attached hydrogen (secondary N) is 1. The lowest BCUT2D eigenvalue weighted by Gasteiger charge is -2.50. The van der Waals surface area contributed by atoms with E-state index in [0.717, 1.165) is 61.7 Å². The predicted molar refractivity (Wildman–Crippen MR) is 168 cm³/mol. The van der Waals surface area contributed by atoms with Crippen molar-refractivity contribution in [2.45, 2.75) is 68.6 Å². The van der Waals surface area contributed by atoms with Crippen molar-refractivity contribution in [2.24, 2.45) is 23.7 Å². The van der Waals surface area contributed by atoms with Crippen LogP contribution in [0, 0.1) is 23.7 Å². The molecule has 230 valence electrons. The quantitative estimate of drug-likeness (QED) is 0.398. The van der Waals surface area contributed by atoms with Gasteiger partial charge in [0.25, 0.3) is 5.91 Å². The number of rotatable bonds is 1. The second-order valence-corrected chi connectivity index (χ2v) is 16.0. The fourth-order valence-corrected chi connectivity index (χ4v) is 10.6. The fourth-order valence-electron chi connectivity index (χ4n) is 8.87. The number of amides is 1. The van der Waals surface area contributed by atoms with Crippen molar-refractivity contribution >= 4 is 33.2 Å². The van der Waals surface area contributed by atoms with Gasteiger partial charge in [-0.1, -0.05) is 36.7 Å². The molecule has 4 bridgehead atoms. The van der Waals surface area contributed by atoms with E-state index in [-0.39, 0.29) is 23.4 Å². The number of aryl methyl sites for hydroxylation is 1. The van der Waals surface area contributed by atoms with Gasteiger partial charge in [0.2, 0.25) is 10.0 Å². The van der Waals surface area contributed by atoms with E-state index in [2.05, 4.69) is 35.3 Å². The lowest BCUT2D eigenvalue weighted by atomic mass is 9.63. The van der Waals surface area contributed by atoms with Gasteiger partial charge in [-0.2, -0.15) is 0 Å². The van der Waals surface area contributed by atoms with Gasteiger partial charge < -0.3 is 14.4 Å². The molecule has 9 heteroatoms. The van der Waals surface area contributed by atoms with Gasteiger partial charge in [-0.25, -0.2) is 13.1 Å². The van der Waals surface area contributed by atoms with Crippen LogP contribution in [0.15, 0.2) is 48.6 Å². The van der Waals surface area contributed by atoms with Crippen LogP contribution in [0.3, 0.4) is 0 Å². The van der Waals surface area contributed by atoms with Crippen molar-refractivity contribution in [3.05, 3.63) is 70.3 Å². The SMILES string of the molecule is C=C1C[C@H](C)[C@@H]2C[C@H]1S(=O)(=O)NC(=O)c1ccc3c(c1)N(C[C@@H]1CC[C@H]1[C@H]2OC)C[C@@]1(CCCc2cc(Cl)ccc21)CO3. The van der Waals surface area contributed by atoms with E-state index < -0.39 is 21.2 Å². The van der Waals surface area contributed by atoms with E-state index in [1.807, 2.05) is 18.2 Å². The van der Waals surface area contributed by atoms with Crippen LogP contribution in [0.1, 0.15) is 66.9 Å². The molecule has 5 aliphatic rings. The van der Waals surface area contributed by atoms with E-state index in [4.69, 9.17) is 21.1 Å². The summed E-state index contributed by atoms with van der Waals surface area (Å²) in [5.41, 5.74) is 4.17. The molecule has 2 aromatic carbocycles. The van der Waals surface area contributed by atoms with Crippen LogP contribution >= 0.6 is 11.6 Å². The molecule has 1 amide bonds. The number of carbonyl (C=O) groups excluding carboxylic acids is 1. The number of hydrogen-bond acceptors (Lipinski definition) is 6. The Morgan fingerprint density at radius 2 is 2.00 bits per heavy atom. The number of carbonyl (C=O) groups is 1. The Hall–Kier alpha value is -2.55. The summed E-state index contributed by atoms with van der Waals surface area (Å²) in [6.07, 6.45) is 6.16. The van der Waals surface area contributed by atoms with Crippen LogP contribution in [0.5, 0.6) is 5.75 Å². The Balaban J connectivity index is 1.33. The fraction of sp³-hybridized carbons (Fsp3) is 0.559. The Labute approximate surface area is 260 Å². The van der Waals surface area contributed by atoms with Gasteiger partial charge >= 0.3 is 0 Å². The minimum absolute atomic E-state index is 0.0567. The van der Waals surface area contributed by atoms with Crippen molar-refractivity contribution in [1.29, 1.82) is 0 Å². The maximum atomic E-state index is 13.7. The summed E-state index contributed by atoms with van der Waals surface area (Å²) in [5.74, 6) is 1.12. The third kappa shape index (κ3) is 4.98. The highest BCUT2D eigenvalue weighted by Gasteiger charge is 2.49. The summed E-state index contributed by atoms with van der Waals surface area (Å²) in [6, 6.07) is 11.6. The number of ether oxygens (including phenoxy) is 2. The number of nitrogens with zero attached hydrogens (tertiary/aromatic N) is 1. The van der Waals surface area contributed by atoms with E-state index in [1.54, 1.807) is 13.2 Å². The molecule has 1 spiro atoms. The van der Waals surface area contributed by atoms with Crippen molar-refractivity contribution in [3.63, 3.8) is 0 Å². The zero-order valence-corrected chi connectivity index (χ0v) is 26.6. The molecule has 3 aliphatic carbocycles. The van der Waals surface area contributed by atoms with Crippen LogP contribution in [-0.4, -0.2) is 52.5 Å². The van der Waals surface area contributed by atoms with Gasteiger partial charge in [0.05, 0.1) is 18.4 Å². The molecular formula is C34H41ClN2O5S. The van der Waals surface area contributed by atoms with Gasteiger partial charge in [-0.15, -0.1) is 0 Å². The molecule has 1 N–H and O–H groups in total. The zero-order chi connectivity index (χ0) is 30.1. The van der Waals surface area contributed by atoms with Crippen molar-refractivity contribution < 1.29 is 22.7 Å². The van der Waals surface area contributed by atoms with Crippen LogP contribution in [0.2, 0.25) is 5.02 Å². The Morgan fingerprint density at radius 3 is 2.77 bits per heavy atom. The zero-order valence-electron chi connectivity index (χ0n) is 25.0. The molecule has 0 saturated heterocycles. The van der Waals surface area contributed by atoms with Gasteiger partial charge in [0.15, 0.2) is 0 Å². The van der Waals surface area contributed by atoms with Gasteiger partial charge in [-0.05, 0) is 110 Å². The smallest absolute Gasteiger partial charge is 0.264 e. The first-order chi connectivity index (χ1) is 20.6. The molecule has 0 radical (unpaired) electrons. The molecule has 43 heavy (non-hydrogen) atoms. The summed E-state index contributed by atoms with van der Waals surface area (Å²) in [4.78, 5) is 15.9.